The summed E-state index contributed by atoms with van der Waals surface area (Å²) in [5.74, 6) is 0. The molecule has 0 aliphatic carbocycles. The molecule has 0 aliphatic heterocycles. The van der Waals surface area contributed by atoms with Crippen LogP contribution in [0.1, 0.15) is 36.7 Å². The molecule has 0 radical (unpaired) electrons. The van der Waals surface area contributed by atoms with Gasteiger partial charge in [-0.3, -0.25) is 9.67 Å². The summed E-state index contributed by atoms with van der Waals surface area (Å²) in [4.78, 5) is 4.21. The summed E-state index contributed by atoms with van der Waals surface area (Å²) < 4.78 is 2.03. The molecule has 4 nitrogen and oxygen atoms in total. The SMILES string of the molecule is CCc1cnccc1C(NC)c1ccnn1CC. The molecule has 4 heteroatoms. The fourth-order valence-corrected chi connectivity index (χ4v) is 2.33. The van der Waals surface area contributed by atoms with Crippen molar-refractivity contribution in [2.75, 3.05) is 7.05 Å². The molecule has 1 N–H and O–H groups in total. The molecule has 0 saturated carbocycles. The summed E-state index contributed by atoms with van der Waals surface area (Å²) in [5.41, 5.74) is 3.76. The van der Waals surface area contributed by atoms with Crippen LogP contribution in [-0.2, 0) is 13.0 Å². The van der Waals surface area contributed by atoms with E-state index in [4.69, 9.17) is 0 Å². The largest absolute Gasteiger partial charge is 0.308 e. The van der Waals surface area contributed by atoms with Crippen molar-refractivity contribution in [1.29, 1.82) is 0 Å². The predicted molar refractivity (Wildman–Crippen MR) is 72.4 cm³/mol. The maximum absolute atomic E-state index is 4.35. The first-order valence-corrected chi connectivity index (χ1v) is 6.43. The Morgan fingerprint density at radius 1 is 1.28 bits per heavy atom. The van der Waals surface area contributed by atoms with E-state index in [0.29, 0.717) is 0 Å². The van der Waals surface area contributed by atoms with Gasteiger partial charge in [0, 0.05) is 25.1 Å². The van der Waals surface area contributed by atoms with Gasteiger partial charge >= 0.3 is 0 Å². The summed E-state index contributed by atoms with van der Waals surface area (Å²) in [6.45, 7) is 5.15. The van der Waals surface area contributed by atoms with E-state index in [2.05, 4.69) is 41.4 Å². The minimum absolute atomic E-state index is 0.172. The molecule has 0 bridgehead atoms. The molecule has 1 unspecified atom stereocenters. The van der Waals surface area contributed by atoms with Gasteiger partial charge < -0.3 is 5.32 Å². The van der Waals surface area contributed by atoms with E-state index in [0.717, 1.165) is 13.0 Å². The van der Waals surface area contributed by atoms with Crippen molar-refractivity contribution in [3.05, 3.63) is 47.5 Å². The first kappa shape index (κ1) is 12.8. The number of hydrogen-bond donors (Lipinski definition) is 1. The van der Waals surface area contributed by atoms with Gasteiger partial charge in [0.1, 0.15) is 0 Å². The van der Waals surface area contributed by atoms with Crippen molar-refractivity contribution in [3.63, 3.8) is 0 Å². The van der Waals surface area contributed by atoms with Crippen LogP contribution < -0.4 is 5.32 Å². The number of hydrogen-bond acceptors (Lipinski definition) is 3. The molecular formula is C14H20N4. The molecule has 0 aliphatic rings. The molecule has 0 spiro atoms. The summed E-state index contributed by atoms with van der Waals surface area (Å²) in [6.07, 6.45) is 6.65. The van der Waals surface area contributed by atoms with Crippen molar-refractivity contribution in [2.45, 2.75) is 32.9 Å². The second-order valence-corrected chi connectivity index (χ2v) is 4.22. The van der Waals surface area contributed by atoms with Gasteiger partial charge in [-0.2, -0.15) is 5.10 Å². The second kappa shape index (κ2) is 5.78. The molecule has 18 heavy (non-hydrogen) atoms. The molecule has 0 amide bonds. The summed E-state index contributed by atoms with van der Waals surface area (Å²) in [7, 11) is 1.98. The van der Waals surface area contributed by atoms with E-state index in [1.54, 1.807) is 0 Å². The zero-order valence-electron chi connectivity index (χ0n) is 11.2. The minimum atomic E-state index is 0.172. The van der Waals surface area contributed by atoms with E-state index in [1.165, 1.54) is 16.8 Å². The van der Waals surface area contributed by atoms with Crippen LogP contribution in [0.15, 0.2) is 30.7 Å². The van der Waals surface area contributed by atoms with E-state index < -0.39 is 0 Å². The zero-order chi connectivity index (χ0) is 13.0. The van der Waals surface area contributed by atoms with Gasteiger partial charge in [-0.25, -0.2) is 0 Å². The highest BCUT2D eigenvalue weighted by atomic mass is 15.3. The molecule has 96 valence electrons. The van der Waals surface area contributed by atoms with Gasteiger partial charge in [-0.05, 0) is 43.7 Å². The summed E-state index contributed by atoms with van der Waals surface area (Å²) in [5, 5.41) is 7.73. The lowest BCUT2D eigenvalue weighted by Gasteiger charge is -2.20. The lowest BCUT2D eigenvalue weighted by atomic mass is 9.98. The Morgan fingerprint density at radius 2 is 2.11 bits per heavy atom. The third-order valence-corrected chi connectivity index (χ3v) is 3.27. The molecule has 2 aromatic rings. The molecular weight excluding hydrogens is 224 g/mol. The van der Waals surface area contributed by atoms with Crippen LogP contribution in [0.2, 0.25) is 0 Å². The monoisotopic (exact) mass is 244 g/mol. The van der Waals surface area contributed by atoms with Crippen molar-refractivity contribution >= 4 is 0 Å². The highest BCUT2D eigenvalue weighted by Crippen LogP contribution is 2.24. The van der Waals surface area contributed by atoms with E-state index >= 15 is 0 Å². The van der Waals surface area contributed by atoms with E-state index in [9.17, 15) is 0 Å². The Labute approximate surface area is 108 Å². The normalized spacial score (nSPS) is 12.6. The van der Waals surface area contributed by atoms with Crippen LogP contribution in [0.3, 0.4) is 0 Å². The van der Waals surface area contributed by atoms with Crippen LogP contribution in [0.4, 0.5) is 0 Å². The average molecular weight is 244 g/mol. The number of pyridine rings is 1. The Balaban J connectivity index is 2.45. The third kappa shape index (κ3) is 2.29. The second-order valence-electron chi connectivity index (χ2n) is 4.22. The van der Waals surface area contributed by atoms with Gasteiger partial charge in [0.15, 0.2) is 0 Å². The van der Waals surface area contributed by atoms with Crippen molar-refractivity contribution < 1.29 is 0 Å². The summed E-state index contributed by atoms with van der Waals surface area (Å²) in [6, 6.07) is 4.34. The highest BCUT2D eigenvalue weighted by molar-refractivity contribution is 5.33. The maximum atomic E-state index is 4.35. The molecule has 0 saturated heterocycles. The van der Waals surface area contributed by atoms with Crippen molar-refractivity contribution in [2.24, 2.45) is 0 Å². The van der Waals surface area contributed by atoms with Gasteiger partial charge in [-0.15, -0.1) is 0 Å². The van der Waals surface area contributed by atoms with Crippen LogP contribution in [0.25, 0.3) is 0 Å². The van der Waals surface area contributed by atoms with E-state index in [1.807, 2.05) is 30.3 Å². The average Bonchev–Trinajstić information content (AvgIpc) is 2.88. The molecule has 0 fully saturated rings. The zero-order valence-corrected chi connectivity index (χ0v) is 11.2. The van der Waals surface area contributed by atoms with E-state index in [-0.39, 0.29) is 6.04 Å². The molecule has 2 aromatic heterocycles. The first-order chi connectivity index (χ1) is 8.81. The fraction of sp³-hybridized carbons (Fsp3) is 0.429. The molecule has 2 rings (SSSR count). The van der Waals surface area contributed by atoms with Gasteiger partial charge in [0.05, 0.1) is 11.7 Å². The predicted octanol–water partition coefficient (Wildman–Crippen LogP) is 2.17. The number of nitrogens with zero attached hydrogens (tertiary/aromatic N) is 3. The highest BCUT2D eigenvalue weighted by Gasteiger charge is 2.18. The van der Waals surface area contributed by atoms with Crippen LogP contribution in [-0.4, -0.2) is 21.8 Å². The van der Waals surface area contributed by atoms with Gasteiger partial charge in [0.2, 0.25) is 0 Å². The third-order valence-electron chi connectivity index (χ3n) is 3.27. The lowest BCUT2D eigenvalue weighted by molar-refractivity contribution is 0.560. The fourth-order valence-electron chi connectivity index (χ4n) is 2.33. The van der Waals surface area contributed by atoms with Crippen LogP contribution in [0.5, 0.6) is 0 Å². The van der Waals surface area contributed by atoms with Crippen LogP contribution >= 0.6 is 0 Å². The van der Waals surface area contributed by atoms with Crippen LogP contribution in [0, 0.1) is 0 Å². The number of aromatic nitrogens is 3. The number of rotatable bonds is 5. The Hall–Kier alpha value is -1.68. The minimum Gasteiger partial charge on any atom is -0.308 e. The maximum Gasteiger partial charge on any atom is 0.0749 e. The first-order valence-electron chi connectivity index (χ1n) is 6.43. The molecule has 0 aromatic carbocycles. The Bertz CT molecular complexity index is 504. The standard InChI is InChI=1S/C14H20N4/c1-4-11-10-16-8-6-12(11)14(15-3)13-7-9-17-18(13)5-2/h6-10,14-15H,4-5H2,1-3H3. The molecule has 1 atom stereocenters. The van der Waals surface area contributed by atoms with Crippen molar-refractivity contribution in [1.82, 2.24) is 20.1 Å². The smallest absolute Gasteiger partial charge is 0.0749 e. The van der Waals surface area contributed by atoms with Gasteiger partial charge in [-0.1, -0.05) is 6.92 Å². The Morgan fingerprint density at radius 3 is 2.78 bits per heavy atom. The Kier molecular flexibility index (Phi) is 4.10. The molecule has 2 heterocycles. The number of aryl methyl sites for hydroxylation is 2. The quantitative estimate of drug-likeness (QED) is 0.876. The lowest BCUT2D eigenvalue weighted by Crippen LogP contribution is -2.22. The van der Waals surface area contributed by atoms with Crippen molar-refractivity contribution in [3.8, 4) is 0 Å². The topological polar surface area (TPSA) is 42.7 Å². The number of nitrogens with one attached hydrogen (secondary N) is 1. The van der Waals surface area contributed by atoms with Gasteiger partial charge in [0.25, 0.3) is 0 Å². The summed E-state index contributed by atoms with van der Waals surface area (Å²) >= 11 is 0.